The van der Waals surface area contributed by atoms with Crippen LogP contribution in [0.3, 0.4) is 0 Å². The molecular formula is C22H29N9OS. The number of anilines is 4. The lowest BCUT2D eigenvalue weighted by molar-refractivity contribution is -0.117. The average Bonchev–Trinajstić information content (AvgIpc) is 3.56. The number of aromatic amines is 1. The summed E-state index contributed by atoms with van der Waals surface area (Å²) < 4.78 is 0. The molecule has 0 unspecified atom stereocenters. The summed E-state index contributed by atoms with van der Waals surface area (Å²) in [5.41, 5.74) is 1.74. The molecule has 0 aliphatic heterocycles. The second kappa shape index (κ2) is 10.2. The molecular weight excluding hydrogens is 438 g/mol. The SMILES string of the molecule is Cc1cc(Nc2nc(Sc3ccc(NC(=O)C4CC4)cc3)nc(N(C)CCN(C)C)n2)n[nH]1. The van der Waals surface area contributed by atoms with E-state index >= 15 is 0 Å². The first-order valence-electron chi connectivity index (χ1n) is 10.9. The van der Waals surface area contributed by atoms with Crippen LogP contribution in [0.2, 0.25) is 0 Å². The lowest BCUT2D eigenvalue weighted by atomic mass is 10.3. The Morgan fingerprint density at radius 2 is 1.88 bits per heavy atom. The quantitative estimate of drug-likeness (QED) is 0.413. The zero-order valence-electron chi connectivity index (χ0n) is 19.3. The topological polar surface area (TPSA) is 115 Å². The summed E-state index contributed by atoms with van der Waals surface area (Å²) >= 11 is 1.44. The maximum Gasteiger partial charge on any atom is 0.234 e. The molecule has 1 aromatic carbocycles. The van der Waals surface area contributed by atoms with Crippen LogP contribution >= 0.6 is 11.8 Å². The van der Waals surface area contributed by atoms with Gasteiger partial charge in [-0.25, -0.2) is 0 Å². The van der Waals surface area contributed by atoms with Crippen molar-refractivity contribution in [2.45, 2.75) is 29.8 Å². The zero-order valence-corrected chi connectivity index (χ0v) is 20.1. The molecule has 0 radical (unpaired) electrons. The molecule has 3 aromatic rings. The Morgan fingerprint density at radius 3 is 2.52 bits per heavy atom. The molecule has 10 nitrogen and oxygen atoms in total. The van der Waals surface area contributed by atoms with Gasteiger partial charge < -0.3 is 20.4 Å². The van der Waals surface area contributed by atoms with E-state index in [0.29, 0.717) is 22.9 Å². The van der Waals surface area contributed by atoms with Gasteiger partial charge in [-0.15, -0.1) is 0 Å². The minimum Gasteiger partial charge on any atom is -0.342 e. The highest BCUT2D eigenvalue weighted by molar-refractivity contribution is 7.99. The highest BCUT2D eigenvalue weighted by Crippen LogP contribution is 2.31. The lowest BCUT2D eigenvalue weighted by Gasteiger charge is -2.20. The van der Waals surface area contributed by atoms with Crippen LogP contribution in [0, 0.1) is 12.8 Å². The average molecular weight is 468 g/mol. The molecule has 1 saturated carbocycles. The molecule has 0 atom stereocenters. The number of hydrogen-bond acceptors (Lipinski definition) is 9. The van der Waals surface area contributed by atoms with Gasteiger partial charge in [0.2, 0.25) is 17.8 Å². The van der Waals surface area contributed by atoms with Gasteiger partial charge in [-0.2, -0.15) is 20.1 Å². The second-order valence-corrected chi connectivity index (χ2v) is 9.46. The number of hydrogen-bond donors (Lipinski definition) is 3. The summed E-state index contributed by atoms with van der Waals surface area (Å²) in [5.74, 6) is 1.93. The van der Waals surface area contributed by atoms with Gasteiger partial charge in [-0.05, 0) is 69.9 Å². The van der Waals surface area contributed by atoms with E-state index in [-0.39, 0.29) is 11.8 Å². The van der Waals surface area contributed by atoms with Crippen molar-refractivity contribution in [2.24, 2.45) is 5.92 Å². The standard InChI is InChI=1S/C22H29N9OS/c1-14-13-18(29-28-14)24-20-25-21(31(4)12-11-30(2)3)27-22(26-20)33-17-9-7-16(8-10-17)23-19(32)15-5-6-15/h7-10,13,15H,5-6,11-12H2,1-4H3,(H,23,32)(H2,24,25,26,27,28,29). The second-order valence-electron chi connectivity index (χ2n) is 8.42. The van der Waals surface area contributed by atoms with Gasteiger partial charge in [0.15, 0.2) is 11.0 Å². The predicted octanol–water partition coefficient (Wildman–Crippen LogP) is 3.14. The third-order valence-corrected chi connectivity index (χ3v) is 5.93. The minimum atomic E-state index is 0.0996. The van der Waals surface area contributed by atoms with Gasteiger partial charge in [0, 0.05) is 48.4 Å². The fourth-order valence-electron chi connectivity index (χ4n) is 2.97. The largest absolute Gasteiger partial charge is 0.342 e. The molecule has 0 saturated heterocycles. The van der Waals surface area contributed by atoms with Crippen LogP contribution in [0.4, 0.5) is 23.4 Å². The number of nitrogens with one attached hydrogen (secondary N) is 3. The molecule has 33 heavy (non-hydrogen) atoms. The van der Waals surface area contributed by atoms with Gasteiger partial charge >= 0.3 is 0 Å². The van der Waals surface area contributed by atoms with Gasteiger partial charge in [0.1, 0.15) is 0 Å². The minimum absolute atomic E-state index is 0.0996. The summed E-state index contributed by atoms with van der Waals surface area (Å²) in [6.45, 7) is 3.58. The molecule has 174 valence electrons. The molecule has 0 bridgehead atoms. The molecule has 2 aromatic heterocycles. The molecule has 3 N–H and O–H groups in total. The summed E-state index contributed by atoms with van der Waals surface area (Å²) in [6, 6.07) is 9.60. The van der Waals surface area contributed by atoms with E-state index in [1.807, 2.05) is 63.3 Å². The number of H-pyrrole nitrogens is 1. The van der Waals surface area contributed by atoms with E-state index in [4.69, 9.17) is 0 Å². The first kappa shape index (κ1) is 23.0. The number of aromatic nitrogens is 5. The third kappa shape index (κ3) is 6.65. The Balaban J connectivity index is 1.51. The van der Waals surface area contributed by atoms with Crippen LogP contribution < -0.4 is 15.5 Å². The number of carbonyl (C=O) groups is 1. The number of nitrogens with zero attached hydrogens (tertiary/aromatic N) is 6. The highest BCUT2D eigenvalue weighted by atomic mass is 32.2. The molecule has 11 heteroatoms. The van der Waals surface area contributed by atoms with E-state index in [0.717, 1.165) is 42.2 Å². The molecule has 2 heterocycles. The highest BCUT2D eigenvalue weighted by Gasteiger charge is 2.29. The summed E-state index contributed by atoms with van der Waals surface area (Å²) in [6.07, 6.45) is 1.97. The molecule has 0 spiro atoms. The Morgan fingerprint density at radius 1 is 1.12 bits per heavy atom. The monoisotopic (exact) mass is 467 g/mol. The Labute approximate surface area is 197 Å². The van der Waals surface area contributed by atoms with Crippen molar-refractivity contribution in [3.8, 4) is 0 Å². The number of likely N-dealkylation sites (N-methyl/N-ethyl adjacent to an activating group) is 2. The maximum atomic E-state index is 12.0. The molecule has 1 amide bonds. The van der Waals surface area contributed by atoms with Crippen molar-refractivity contribution in [3.63, 3.8) is 0 Å². The van der Waals surface area contributed by atoms with Crippen molar-refractivity contribution in [2.75, 3.05) is 49.8 Å². The van der Waals surface area contributed by atoms with E-state index in [1.165, 1.54) is 11.8 Å². The van der Waals surface area contributed by atoms with Gasteiger partial charge in [-0.1, -0.05) is 0 Å². The van der Waals surface area contributed by atoms with Crippen molar-refractivity contribution in [1.29, 1.82) is 0 Å². The zero-order chi connectivity index (χ0) is 23.4. The van der Waals surface area contributed by atoms with Crippen LogP contribution in [0.15, 0.2) is 40.4 Å². The van der Waals surface area contributed by atoms with E-state index < -0.39 is 0 Å². The normalized spacial score (nSPS) is 13.2. The van der Waals surface area contributed by atoms with Crippen LogP contribution in [-0.2, 0) is 4.79 Å². The number of carbonyl (C=O) groups excluding carboxylic acids is 1. The van der Waals surface area contributed by atoms with Crippen LogP contribution in [0.25, 0.3) is 0 Å². The molecule has 4 rings (SSSR count). The van der Waals surface area contributed by atoms with Gasteiger partial charge in [-0.3, -0.25) is 9.89 Å². The number of benzene rings is 1. The van der Waals surface area contributed by atoms with Crippen LogP contribution in [0.5, 0.6) is 0 Å². The molecule has 1 fully saturated rings. The van der Waals surface area contributed by atoms with Crippen LogP contribution in [-0.4, -0.2) is 70.2 Å². The van der Waals surface area contributed by atoms with Gasteiger partial charge in [0.05, 0.1) is 0 Å². The number of amides is 1. The first-order chi connectivity index (χ1) is 15.9. The van der Waals surface area contributed by atoms with E-state index in [9.17, 15) is 4.79 Å². The Hall–Kier alpha value is -3.18. The van der Waals surface area contributed by atoms with Crippen LogP contribution in [0.1, 0.15) is 18.5 Å². The fraction of sp³-hybridized carbons (Fsp3) is 0.409. The maximum absolute atomic E-state index is 12.0. The molecule has 1 aliphatic rings. The van der Waals surface area contributed by atoms with Crippen molar-refractivity contribution >= 4 is 41.1 Å². The van der Waals surface area contributed by atoms with Gasteiger partial charge in [0.25, 0.3) is 0 Å². The first-order valence-corrected chi connectivity index (χ1v) is 11.7. The summed E-state index contributed by atoms with van der Waals surface area (Å²) in [7, 11) is 6.03. The predicted molar refractivity (Wildman–Crippen MR) is 130 cm³/mol. The summed E-state index contributed by atoms with van der Waals surface area (Å²) in [4.78, 5) is 30.9. The number of rotatable bonds is 10. The lowest BCUT2D eigenvalue weighted by Crippen LogP contribution is -2.30. The Bertz CT molecular complexity index is 1100. The fourth-order valence-corrected chi connectivity index (χ4v) is 3.71. The molecule has 1 aliphatic carbocycles. The Kier molecular flexibility index (Phi) is 7.09. The van der Waals surface area contributed by atoms with E-state index in [1.54, 1.807) is 0 Å². The van der Waals surface area contributed by atoms with Crippen molar-refractivity contribution in [1.82, 2.24) is 30.0 Å². The third-order valence-electron chi connectivity index (χ3n) is 5.05. The summed E-state index contributed by atoms with van der Waals surface area (Å²) in [5, 5.41) is 13.8. The van der Waals surface area contributed by atoms with E-state index in [2.05, 4.69) is 40.7 Å². The number of aryl methyl sites for hydroxylation is 1. The smallest absolute Gasteiger partial charge is 0.234 e. The van der Waals surface area contributed by atoms with Crippen molar-refractivity contribution < 1.29 is 4.79 Å². The van der Waals surface area contributed by atoms with Crippen molar-refractivity contribution in [3.05, 3.63) is 36.0 Å².